The molecule has 1 aliphatic heterocycles. The Bertz CT molecular complexity index is 745. The maximum absolute atomic E-state index is 12.3. The minimum absolute atomic E-state index is 0.0626. The van der Waals surface area contributed by atoms with Crippen LogP contribution in [0.5, 0.6) is 0 Å². The van der Waals surface area contributed by atoms with E-state index < -0.39 is 5.60 Å². The molecule has 10 unspecified atom stereocenters. The molecule has 0 bridgehead atoms. The summed E-state index contributed by atoms with van der Waals surface area (Å²) in [5.41, 5.74) is -0.269. The Hall–Kier alpha value is -0.650. The zero-order valence-electron chi connectivity index (χ0n) is 20.7. The number of aliphatic hydroxyl groups is 2. The Labute approximate surface area is 193 Å². The highest BCUT2D eigenvalue weighted by atomic mass is 16.6. The van der Waals surface area contributed by atoms with E-state index in [1.807, 2.05) is 20.8 Å². The van der Waals surface area contributed by atoms with Crippen LogP contribution in [0, 0.1) is 40.9 Å². The summed E-state index contributed by atoms with van der Waals surface area (Å²) in [4.78, 5) is 12.3. The zero-order valence-corrected chi connectivity index (χ0v) is 20.7. The van der Waals surface area contributed by atoms with E-state index in [0.717, 1.165) is 51.4 Å². The van der Waals surface area contributed by atoms with Crippen LogP contribution in [-0.2, 0) is 14.3 Å². The Morgan fingerprint density at radius 1 is 1.12 bits per heavy atom. The lowest BCUT2D eigenvalue weighted by molar-refractivity contribution is -0.155. The first kappa shape index (κ1) is 23.1. The Morgan fingerprint density at radius 2 is 1.88 bits per heavy atom. The van der Waals surface area contributed by atoms with Gasteiger partial charge in [0.05, 0.1) is 18.3 Å². The second-order valence-corrected chi connectivity index (χ2v) is 13.2. The summed E-state index contributed by atoms with van der Waals surface area (Å²) in [6.45, 7) is 10.5. The third-order valence-electron chi connectivity index (χ3n) is 10.4. The van der Waals surface area contributed by atoms with Crippen molar-refractivity contribution in [2.24, 2.45) is 40.9 Å². The van der Waals surface area contributed by atoms with Crippen molar-refractivity contribution in [1.29, 1.82) is 0 Å². The predicted molar refractivity (Wildman–Crippen MR) is 122 cm³/mol. The van der Waals surface area contributed by atoms with Crippen LogP contribution in [0.4, 0.5) is 0 Å². The molecule has 0 aromatic rings. The molecule has 5 aliphatic rings. The monoisotopic (exact) mass is 448 g/mol. The van der Waals surface area contributed by atoms with Crippen molar-refractivity contribution >= 4 is 5.97 Å². The van der Waals surface area contributed by atoms with Crippen LogP contribution in [-0.4, -0.2) is 45.7 Å². The third kappa shape index (κ3) is 3.56. The van der Waals surface area contributed by atoms with Crippen molar-refractivity contribution in [2.45, 2.75) is 122 Å². The highest BCUT2D eigenvalue weighted by Crippen LogP contribution is 2.72. The number of rotatable bonds is 4. The van der Waals surface area contributed by atoms with E-state index in [1.165, 1.54) is 0 Å². The molecule has 5 rings (SSSR count). The van der Waals surface area contributed by atoms with Crippen LogP contribution in [0.25, 0.3) is 0 Å². The van der Waals surface area contributed by atoms with Gasteiger partial charge in [-0.15, -0.1) is 0 Å². The number of epoxide rings is 1. The molecule has 0 amide bonds. The number of hydrogen-bond donors (Lipinski definition) is 2. The first-order valence-electron chi connectivity index (χ1n) is 13.2. The first-order valence-corrected chi connectivity index (χ1v) is 13.2. The van der Waals surface area contributed by atoms with Gasteiger partial charge in [-0.2, -0.15) is 0 Å². The fourth-order valence-corrected chi connectivity index (χ4v) is 8.96. The summed E-state index contributed by atoms with van der Waals surface area (Å²) < 4.78 is 12.1. The smallest absolute Gasteiger partial charge is 0.306 e. The molecule has 32 heavy (non-hydrogen) atoms. The van der Waals surface area contributed by atoms with Gasteiger partial charge in [0.2, 0.25) is 0 Å². The van der Waals surface area contributed by atoms with Crippen molar-refractivity contribution in [3.63, 3.8) is 0 Å². The molecule has 4 saturated carbocycles. The van der Waals surface area contributed by atoms with Crippen LogP contribution >= 0.6 is 0 Å². The summed E-state index contributed by atoms with van der Waals surface area (Å²) in [5.74, 6) is 2.50. The van der Waals surface area contributed by atoms with Gasteiger partial charge in [0, 0.05) is 6.42 Å². The molecular formula is C27H44O5. The van der Waals surface area contributed by atoms with Crippen LogP contribution in [0.2, 0.25) is 0 Å². The molecule has 5 fully saturated rings. The lowest BCUT2D eigenvalue weighted by atomic mass is 9.46. The van der Waals surface area contributed by atoms with Crippen LogP contribution in [0.3, 0.4) is 0 Å². The third-order valence-corrected chi connectivity index (χ3v) is 10.4. The number of esters is 1. The lowest BCUT2D eigenvalue weighted by Gasteiger charge is -2.59. The van der Waals surface area contributed by atoms with Crippen molar-refractivity contribution in [3.05, 3.63) is 0 Å². The minimum Gasteiger partial charge on any atom is -0.460 e. The van der Waals surface area contributed by atoms with E-state index >= 15 is 0 Å². The fraction of sp³-hybridized carbons (Fsp3) is 0.963. The first-order chi connectivity index (χ1) is 15.0. The average Bonchev–Trinajstić information content (AvgIpc) is 3.29. The summed E-state index contributed by atoms with van der Waals surface area (Å²) in [6.07, 6.45) is 8.18. The molecule has 1 spiro atoms. The quantitative estimate of drug-likeness (QED) is 0.490. The van der Waals surface area contributed by atoms with Crippen LogP contribution in [0.1, 0.15) is 92.4 Å². The fourth-order valence-electron chi connectivity index (χ4n) is 8.96. The standard InChI is InChI=1S/C27H44O5/c1-15(6-9-23(30)32-25(2,3)4)18-7-8-19-24-20(14-22-27(18,19)31-22)26(5)11-10-17(28)12-16(26)13-21(24)29/h15-22,24,28-29H,6-14H2,1-5H3/t15?,16?,17?,18?,19?,20?,21?,22?,24?,26?,27-/m0/s1. The van der Waals surface area contributed by atoms with E-state index in [9.17, 15) is 15.0 Å². The highest BCUT2D eigenvalue weighted by Gasteiger charge is 2.76. The Morgan fingerprint density at radius 3 is 2.59 bits per heavy atom. The van der Waals surface area contributed by atoms with Crippen LogP contribution in [0.15, 0.2) is 0 Å². The summed E-state index contributed by atoms with van der Waals surface area (Å²) >= 11 is 0. The molecule has 5 heteroatoms. The topological polar surface area (TPSA) is 79.3 Å². The normalized spacial score (nSPS) is 50.5. The molecular weight excluding hydrogens is 404 g/mol. The van der Waals surface area contributed by atoms with Gasteiger partial charge >= 0.3 is 5.97 Å². The number of aliphatic hydroxyl groups excluding tert-OH is 2. The molecule has 2 N–H and O–H groups in total. The van der Waals surface area contributed by atoms with E-state index in [4.69, 9.17) is 9.47 Å². The van der Waals surface area contributed by atoms with Gasteiger partial charge < -0.3 is 19.7 Å². The highest BCUT2D eigenvalue weighted by molar-refractivity contribution is 5.69. The van der Waals surface area contributed by atoms with Crippen molar-refractivity contribution in [1.82, 2.24) is 0 Å². The average molecular weight is 449 g/mol. The predicted octanol–water partition coefficient (Wildman–Crippen LogP) is 4.48. The molecule has 5 nitrogen and oxygen atoms in total. The van der Waals surface area contributed by atoms with Crippen molar-refractivity contribution in [3.8, 4) is 0 Å². The van der Waals surface area contributed by atoms with E-state index in [1.54, 1.807) is 0 Å². The van der Waals surface area contributed by atoms with Crippen molar-refractivity contribution in [2.75, 3.05) is 0 Å². The van der Waals surface area contributed by atoms with Gasteiger partial charge in [-0.3, -0.25) is 4.79 Å². The number of carbonyl (C=O) groups is 1. The number of ether oxygens (including phenoxy) is 2. The van der Waals surface area contributed by atoms with Crippen LogP contribution < -0.4 is 0 Å². The van der Waals surface area contributed by atoms with Gasteiger partial charge in [-0.25, -0.2) is 0 Å². The van der Waals surface area contributed by atoms with E-state index in [0.29, 0.717) is 48.0 Å². The maximum atomic E-state index is 12.3. The molecule has 1 heterocycles. The molecule has 0 aromatic heterocycles. The second-order valence-electron chi connectivity index (χ2n) is 13.2. The number of carbonyl (C=O) groups excluding carboxylic acids is 1. The molecule has 0 aromatic carbocycles. The molecule has 0 radical (unpaired) electrons. The van der Waals surface area contributed by atoms with Gasteiger partial charge in [0.1, 0.15) is 11.2 Å². The summed E-state index contributed by atoms with van der Waals surface area (Å²) in [6, 6.07) is 0. The van der Waals surface area contributed by atoms with E-state index in [-0.39, 0.29) is 29.2 Å². The molecule has 11 atom stereocenters. The van der Waals surface area contributed by atoms with Gasteiger partial charge in [0.25, 0.3) is 0 Å². The Kier molecular flexibility index (Phi) is 5.55. The van der Waals surface area contributed by atoms with Gasteiger partial charge in [-0.1, -0.05) is 13.8 Å². The SMILES string of the molecule is CC(CCC(=O)OC(C)(C)C)C1CCC2C3C(O)CC4CC(O)CCC4(C)C3CC3O[C@@]312. The van der Waals surface area contributed by atoms with Gasteiger partial charge in [-0.05, 0) is 113 Å². The number of hydrogen-bond acceptors (Lipinski definition) is 5. The van der Waals surface area contributed by atoms with Gasteiger partial charge in [0.15, 0.2) is 0 Å². The minimum atomic E-state index is -0.430. The maximum Gasteiger partial charge on any atom is 0.306 e. The second kappa shape index (κ2) is 7.68. The number of fused-ring (bicyclic) bond motifs is 4. The van der Waals surface area contributed by atoms with E-state index in [2.05, 4.69) is 13.8 Å². The lowest BCUT2D eigenvalue weighted by Crippen LogP contribution is -2.59. The molecule has 4 aliphatic carbocycles. The zero-order chi connectivity index (χ0) is 23.1. The largest absolute Gasteiger partial charge is 0.460 e. The Balaban J connectivity index is 1.29. The summed E-state index contributed by atoms with van der Waals surface area (Å²) in [5, 5.41) is 21.6. The molecule has 1 saturated heterocycles. The summed E-state index contributed by atoms with van der Waals surface area (Å²) in [7, 11) is 0. The van der Waals surface area contributed by atoms with Crippen molar-refractivity contribution < 1.29 is 24.5 Å². The molecule has 182 valence electrons.